The Bertz CT molecular complexity index is 508. The zero-order valence-corrected chi connectivity index (χ0v) is 11.9. The van der Waals surface area contributed by atoms with Crippen molar-refractivity contribution in [2.75, 3.05) is 27.2 Å². The first-order valence-electron chi connectivity index (χ1n) is 5.45. The Balaban J connectivity index is 2.91. The van der Waals surface area contributed by atoms with Crippen molar-refractivity contribution in [1.29, 1.82) is 0 Å². The number of benzene rings is 1. The average Bonchev–Trinajstić information content (AvgIpc) is 2.28. The van der Waals surface area contributed by atoms with Crippen LogP contribution in [-0.4, -0.2) is 39.9 Å². The summed E-state index contributed by atoms with van der Waals surface area (Å²) in [6, 6.07) is 3.26. The quantitative estimate of drug-likeness (QED) is 0.813. The molecule has 0 atom stereocenters. The van der Waals surface area contributed by atoms with Crippen molar-refractivity contribution in [2.24, 2.45) is 0 Å². The Morgan fingerprint density at radius 3 is 2.67 bits per heavy atom. The molecular weight excluding hydrogens is 279 g/mol. The summed E-state index contributed by atoms with van der Waals surface area (Å²) < 4.78 is 38.4. The fraction of sp³-hybridized carbons (Fsp3) is 0.455. The Hall–Kier alpha value is -0.690. The van der Waals surface area contributed by atoms with Gasteiger partial charge in [-0.2, -0.15) is 0 Å². The molecule has 0 unspecified atom stereocenters. The number of hydrogen-bond donors (Lipinski definition) is 1. The van der Waals surface area contributed by atoms with Gasteiger partial charge in [0.25, 0.3) is 0 Å². The molecule has 0 amide bonds. The SMILES string of the molecule is CNCCCN(C)S(=O)(=O)c1ccc(F)cc1Cl. The normalized spacial score (nSPS) is 12.1. The topological polar surface area (TPSA) is 49.4 Å². The lowest BCUT2D eigenvalue weighted by Crippen LogP contribution is -2.29. The van der Waals surface area contributed by atoms with Gasteiger partial charge in [-0.25, -0.2) is 17.1 Å². The molecule has 1 aromatic carbocycles. The van der Waals surface area contributed by atoms with E-state index in [4.69, 9.17) is 11.6 Å². The summed E-state index contributed by atoms with van der Waals surface area (Å²) >= 11 is 5.76. The number of nitrogens with one attached hydrogen (secondary N) is 1. The van der Waals surface area contributed by atoms with Crippen LogP contribution in [0.25, 0.3) is 0 Å². The van der Waals surface area contributed by atoms with E-state index >= 15 is 0 Å². The summed E-state index contributed by atoms with van der Waals surface area (Å²) in [5, 5.41) is 2.83. The predicted octanol–water partition coefficient (Wildman–Crippen LogP) is 1.71. The first kappa shape index (κ1) is 15.4. The van der Waals surface area contributed by atoms with Gasteiger partial charge < -0.3 is 5.32 Å². The van der Waals surface area contributed by atoms with Gasteiger partial charge in [-0.1, -0.05) is 11.6 Å². The zero-order valence-electron chi connectivity index (χ0n) is 10.3. The van der Waals surface area contributed by atoms with Gasteiger partial charge in [-0.05, 0) is 38.2 Å². The zero-order chi connectivity index (χ0) is 13.8. The molecule has 102 valence electrons. The van der Waals surface area contributed by atoms with E-state index < -0.39 is 15.8 Å². The molecule has 18 heavy (non-hydrogen) atoms. The molecule has 1 aromatic rings. The molecule has 0 radical (unpaired) electrons. The highest BCUT2D eigenvalue weighted by molar-refractivity contribution is 7.89. The second-order valence-electron chi connectivity index (χ2n) is 3.86. The second kappa shape index (κ2) is 6.47. The van der Waals surface area contributed by atoms with E-state index in [1.165, 1.54) is 17.4 Å². The monoisotopic (exact) mass is 294 g/mol. The lowest BCUT2D eigenvalue weighted by atomic mass is 10.3. The lowest BCUT2D eigenvalue weighted by molar-refractivity contribution is 0.458. The molecule has 0 aliphatic heterocycles. The number of halogens is 2. The Labute approximate surface area is 112 Å². The van der Waals surface area contributed by atoms with Crippen molar-refractivity contribution in [3.05, 3.63) is 29.0 Å². The fourth-order valence-corrected chi connectivity index (χ4v) is 3.16. The summed E-state index contributed by atoms with van der Waals surface area (Å²) in [6.07, 6.45) is 0.686. The molecule has 1 N–H and O–H groups in total. The van der Waals surface area contributed by atoms with Crippen molar-refractivity contribution in [1.82, 2.24) is 9.62 Å². The lowest BCUT2D eigenvalue weighted by Gasteiger charge is -2.17. The molecule has 0 aliphatic carbocycles. The fourth-order valence-electron chi connectivity index (χ4n) is 1.45. The molecule has 7 heteroatoms. The minimum atomic E-state index is -3.66. The summed E-state index contributed by atoms with van der Waals surface area (Å²) in [5.74, 6) is -0.559. The van der Waals surface area contributed by atoms with Gasteiger partial charge in [-0.3, -0.25) is 0 Å². The second-order valence-corrected chi connectivity index (χ2v) is 6.28. The molecule has 0 fully saturated rings. The maximum absolute atomic E-state index is 12.9. The Morgan fingerprint density at radius 1 is 1.44 bits per heavy atom. The molecule has 0 saturated heterocycles. The number of sulfonamides is 1. The molecule has 0 aromatic heterocycles. The van der Waals surface area contributed by atoms with Crippen LogP contribution in [-0.2, 0) is 10.0 Å². The van der Waals surface area contributed by atoms with E-state index in [0.29, 0.717) is 13.0 Å². The van der Waals surface area contributed by atoms with Crippen LogP contribution in [0.5, 0.6) is 0 Å². The number of nitrogens with zero attached hydrogens (tertiary/aromatic N) is 1. The average molecular weight is 295 g/mol. The van der Waals surface area contributed by atoms with Crippen molar-refractivity contribution in [3.8, 4) is 0 Å². The van der Waals surface area contributed by atoms with Crippen molar-refractivity contribution in [2.45, 2.75) is 11.3 Å². The van der Waals surface area contributed by atoms with Crippen LogP contribution >= 0.6 is 11.6 Å². The smallest absolute Gasteiger partial charge is 0.244 e. The Kier molecular flexibility index (Phi) is 5.52. The molecule has 1 rings (SSSR count). The maximum Gasteiger partial charge on any atom is 0.244 e. The Morgan fingerprint density at radius 2 is 2.11 bits per heavy atom. The predicted molar refractivity (Wildman–Crippen MR) is 69.8 cm³/mol. The van der Waals surface area contributed by atoms with Crippen LogP contribution in [0, 0.1) is 5.82 Å². The maximum atomic E-state index is 12.9. The third-order valence-corrected chi connectivity index (χ3v) is 4.82. The minimum Gasteiger partial charge on any atom is -0.320 e. The van der Waals surface area contributed by atoms with Gasteiger partial charge in [0.1, 0.15) is 10.7 Å². The van der Waals surface area contributed by atoms with Crippen LogP contribution < -0.4 is 5.32 Å². The number of rotatable bonds is 6. The summed E-state index contributed by atoms with van der Waals surface area (Å²) in [6.45, 7) is 1.09. The molecule has 0 aliphatic rings. The highest BCUT2D eigenvalue weighted by Crippen LogP contribution is 2.24. The van der Waals surface area contributed by atoms with Crippen LogP contribution in [0.15, 0.2) is 23.1 Å². The van der Waals surface area contributed by atoms with Crippen molar-refractivity contribution >= 4 is 21.6 Å². The first-order valence-corrected chi connectivity index (χ1v) is 7.27. The minimum absolute atomic E-state index is 0.0717. The molecule has 0 saturated carbocycles. The van der Waals surface area contributed by atoms with Gasteiger partial charge in [0.05, 0.1) is 5.02 Å². The summed E-state index contributed by atoms with van der Waals surface area (Å²) in [7, 11) is -0.386. The van der Waals surface area contributed by atoms with Crippen LogP contribution in [0.2, 0.25) is 5.02 Å². The van der Waals surface area contributed by atoms with E-state index in [2.05, 4.69) is 5.32 Å². The molecule has 0 bridgehead atoms. The van der Waals surface area contributed by atoms with E-state index in [1.807, 2.05) is 0 Å². The van der Waals surface area contributed by atoms with E-state index in [9.17, 15) is 12.8 Å². The third-order valence-electron chi connectivity index (χ3n) is 2.48. The van der Waals surface area contributed by atoms with E-state index in [-0.39, 0.29) is 9.92 Å². The molecular formula is C11H16ClFN2O2S. The van der Waals surface area contributed by atoms with Gasteiger partial charge >= 0.3 is 0 Å². The molecule has 0 heterocycles. The van der Waals surface area contributed by atoms with Crippen LogP contribution in [0.1, 0.15) is 6.42 Å². The highest BCUT2D eigenvalue weighted by atomic mass is 35.5. The largest absolute Gasteiger partial charge is 0.320 e. The van der Waals surface area contributed by atoms with Gasteiger partial charge in [-0.15, -0.1) is 0 Å². The van der Waals surface area contributed by atoms with E-state index in [0.717, 1.165) is 18.7 Å². The van der Waals surface area contributed by atoms with Crippen LogP contribution in [0.4, 0.5) is 4.39 Å². The first-order chi connectivity index (χ1) is 8.39. The van der Waals surface area contributed by atoms with Gasteiger partial charge in [0, 0.05) is 13.6 Å². The summed E-state index contributed by atoms with van der Waals surface area (Å²) in [5.41, 5.74) is 0. The highest BCUT2D eigenvalue weighted by Gasteiger charge is 2.23. The van der Waals surface area contributed by atoms with Gasteiger partial charge in [0.2, 0.25) is 10.0 Å². The number of hydrogen-bond acceptors (Lipinski definition) is 3. The van der Waals surface area contributed by atoms with E-state index in [1.54, 1.807) is 7.05 Å². The van der Waals surface area contributed by atoms with Crippen molar-refractivity contribution < 1.29 is 12.8 Å². The standard InChI is InChI=1S/C11H16ClFN2O2S/c1-14-6-3-7-15(2)18(16,17)11-5-4-9(13)8-10(11)12/h4-5,8,14H,3,6-7H2,1-2H3. The van der Waals surface area contributed by atoms with Gasteiger partial charge in [0.15, 0.2) is 0 Å². The van der Waals surface area contributed by atoms with Crippen molar-refractivity contribution in [3.63, 3.8) is 0 Å². The third kappa shape index (κ3) is 3.65. The summed E-state index contributed by atoms with van der Waals surface area (Å²) in [4.78, 5) is -0.0717. The van der Waals surface area contributed by atoms with Crippen LogP contribution in [0.3, 0.4) is 0 Å². The molecule has 0 spiro atoms. The molecule has 4 nitrogen and oxygen atoms in total.